The third kappa shape index (κ3) is 3.65. The maximum atomic E-state index is 12.3. The van der Waals surface area contributed by atoms with Crippen LogP contribution in [0, 0.1) is 0 Å². The van der Waals surface area contributed by atoms with Gasteiger partial charge in [-0.3, -0.25) is 4.79 Å². The summed E-state index contributed by atoms with van der Waals surface area (Å²) in [7, 11) is 0. The molecule has 6 heteroatoms. The molecule has 0 heterocycles. The number of anilines is 1. The van der Waals surface area contributed by atoms with Gasteiger partial charge in [-0.2, -0.15) is 0 Å². The van der Waals surface area contributed by atoms with Gasteiger partial charge in [0.25, 0.3) is 5.91 Å². The summed E-state index contributed by atoms with van der Waals surface area (Å²) >= 11 is 3.29. The summed E-state index contributed by atoms with van der Waals surface area (Å²) in [6.07, 6.45) is 0. The lowest BCUT2D eigenvalue weighted by molar-refractivity contribution is 0.0696. The van der Waals surface area contributed by atoms with Crippen molar-refractivity contribution in [2.24, 2.45) is 0 Å². The molecule has 1 amide bonds. The average molecular weight is 363 g/mol. The molecule has 2 rings (SSSR count). The van der Waals surface area contributed by atoms with Gasteiger partial charge in [0.2, 0.25) is 0 Å². The molecule has 2 aromatic rings. The van der Waals surface area contributed by atoms with Crippen LogP contribution < -0.4 is 11.1 Å². The summed E-state index contributed by atoms with van der Waals surface area (Å²) in [6.45, 7) is 1.79. The van der Waals surface area contributed by atoms with E-state index in [2.05, 4.69) is 21.2 Å². The second-order valence-electron chi connectivity index (χ2n) is 4.86. The fourth-order valence-electron chi connectivity index (χ4n) is 2.04. The number of nitrogens with one attached hydrogen (secondary N) is 1. The topological polar surface area (TPSA) is 92.4 Å². The van der Waals surface area contributed by atoms with Gasteiger partial charge in [0.1, 0.15) is 0 Å². The number of hydrogen-bond acceptors (Lipinski definition) is 3. The van der Waals surface area contributed by atoms with Crippen LogP contribution in [0.3, 0.4) is 0 Å². The molecule has 0 aliphatic carbocycles. The van der Waals surface area contributed by atoms with E-state index in [1.54, 1.807) is 37.3 Å². The van der Waals surface area contributed by atoms with Crippen molar-refractivity contribution >= 4 is 33.5 Å². The number of hydrogen-bond donors (Lipinski definition) is 3. The second kappa shape index (κ2) is 6.62. The van der Waals surface area contributed by atoms with Crippen LogP contribution in [-0.4, -0.2) is 17.0 Å². The highest BCUT2D eigenvalue weighted by molar-refractivity contribution is 9.10. The predicted octanol–water partition coefficient (Wildman–Crippen LogP) is 3.22. The summed E-state index contributed by atoms with van der Waals surface area (Å²) in [4.78, 5) is 23.2. The van der Waals surface area contributed by atoms with E-state index < -0.39 is 5.97 Å². The molecule has 0 fully saturated rings. The monoisotopic (exact) mass is 362 g/mol. The number of rotatable bonds is 4. The molecular weight excluding hydrogens is 348 g/mol. The molecule has 0 aromatic heterocycles. The highest BCUT2D eigenvalue weighted by atomic mass is 79.9. The number of carbonyl (C=O) groups is 2. The lowest BCUT2D eigenvalue weighted by atomic mass is 10.0. The number of benzene rings is 2. The van der Waals surface area contributed by atoms with Crippen LogP contribution in [0.4, 0.5) is 5.69 Å². The van der Waals surface area contributed by atoms with Gasteiger partial charge < -0.3 is 16.2 Å². The molecule has 0 bridgehead atoms. The molecule has 0 aliphatic heterocycles. The van der Waals surface area contributed by atoms with Crippen molar-refractivity contribution in [1.29, 1.82) is 0 Å². The molecule has 2 aromatic carbocycles. The summed E-state index contributed by atoms with van der Waals surface area (Å²) in [5.74, 6) is -1.31. The maximum absolute atomic E-state index is 12.3. The Labute approximate surface area is 136 Å². The van der Waals surface area contributed by atoms with Gasteiger partial charge >= 0.3 is 5.97 Å². The van der Waals surface area contributed by atoms with Crippen LogP contribution >= 0.6 is 15.9 Å². The molecule has 0 saturated carbocycles. The molecule has 1 atom stereocenters. The molecular formula is C16H15BrN2O3. The summed E-state index contributed by atoms with van der Waals surface area (Å²) in [6, 6.07) is 11.2. The van der Waals surface area contributed by atoms with Gasteiger partial charge in [0.05, 0.1) is 17.2 Å². The van der Waals surface area contributed by atoms with Crippen LogP contribution in [0.2, 0.25) is 0 Å². The number of halogens is 1. The molecule has 0 spiro atoms. The molecule has 0 aliphatic rings. The Hall–Kier alpha value is -2.34. The number of amides is 1. The molecule has 0 radical (unpaired) electrons. The van der Waals surface area contributed by atoms with E-state index in [-0.39, 0.29) is 17.5 Å². The van der Waals surface area contributed by atoms with E-state index in [4.69, 9.17) is 10.8 Å². The van der Waals surface area contributed by atoms with Crippen molar-refractivity contribution < 1.29 is 14.7 Å². The first-order valence-corrected chi connectivity index (χ1v) is 7.37. The predicted molar refractivity (Wildman–Crippen MR) is 87.8 cm³/mol. The third-order valence-corrected chi connectivity index (χ3v) is 3.73. The van der Waals surface area contributed by atoms with Crippen LogP contribution in [-0.2, 0) is 0 Å². The van der Waals surface area contributed by atoms with Crippen molar-refractivity contribution in [3.8, 4) is 0 Å². The van der Waals surface area contributed by atoms with E-state index in [1.807, 2.05) is 0 Å². The fourth-order valence-corrected chi connectivity index (χ4v) is 2.42. The average Bonchev–Trinajstić information content (AvgIpc) is 2.47. The van der Waals surface area contributed by atoms with Gasteiger partial charge in [0.15, 0.2) is 0 Å². The molecule has 0 saturated heterocycles. The molecule has 5 nitrogen and oxygen atoms in total. The summed E-state index contributed by atoms with van der Waals surface area (Å²) in [5.41, 5.74) is 7.48. The Kier molecular flexibility index (Phi) is 4.82. The van der Waals surface area contributed by atoms with Crippen LogP contribution in [0.1, 0.15) is 39.2 Å². The van der Waals surface area contributed by atoms with Crippen molar-refractivity contribution in [2.45, 2.75) is 13.0 Å². The Balaban J connectivity index is 2.17. The lowest BCUT2D eigenvalue weighted by Crippen LogP contribution is -2.27. The zero-order valence-corrected chi connectivity index (χ0v) is 13.4. The first kappa shape index (κ1) is 16.0. The zero-order valence-electron chi connectivity index (χ0n) is 11.8. The van der Waals surface area contributed by atoms with Gasteiger partial charge in [0, 0.05) is 10.2 Å². The number of carbonyl (C=O) groups excluding carboxylic acids is 1. The lowest BCUT2D eigenvalue weighted by Gasteiger charge is -2.16. The number of aromatic carboxylic acids is 1. The van der Waals surface area contributed by atoms with Crippen LogP contribution in [0.15, 0.2) is 46.9 Å². The largest absolute Gasteiger partial charge is 0.478 e. The highest BCUT2D eigenvalue weighted by Crippen LogP contribution is 2.20. The number of carboxylic acid groups (broad SMARTS) is 1. The minimum Gasteiger partial charge on any atom is -0.478 e. The van der Waals surface area contributed by atoms with Crippen molar-refractivity contribution in [3.05, 3.63) is 63.6 Å². The Morgan fingerprint density at radius 2 is 1.95 bits per heavy atom. The zero-order chi connectivity index (χ0) is 16.3. The van der Waals surface area contributed by atoms with Crippen molar-refractivity contribution in [2.75, 3.05) is 5.73 Å². The molecule has 22 heavy (non-hydrogen) atoms. The van der Waals surface area contributed by atoms with E-state index in [1.165, 1.54) is 12.1 Å². The normalized spacial score (nSPS) is 11.7. The number of carboxylic acids is 1. The second-order valence-corrected chi connectivity index (χ2v) is 5.77. The number of nitrogen functional groups attached to an aromatic ring is 1. The van der Waals surface area contributed by atoms with Gasteiger partial charge in [-0.05, 0) is 42.8 Å². The standard InChI is InChI=1S/C16H15BrN2O3/c1-9(10-3-2-4-11(7-10)16(21)22)19-15(20)13-6-5-12(17)8-14(13)18/h2-9H,18H2,1H3,(H,19,20)(H,21,22). The minimum absolute atomic E-state index is 0.182. The Morgan fingerprint density at radius 1 is 1.23 bits per heavy atom. The highest BCUT2D eigenvalue weighted by Gasteiger charge is 2.15. The van der Waals surface area contributed by atoms with Crippen LogP contribution in [0.5, 0.6) is 0 Å². The smallest absolute Gasteiger partial charge is 0.335 e. The van der Waals surface area contributed by atoms with E-state index in [0.717, 1.165) is 4.47 Å². The summed E-state index contributed by atoms with van der Waals surface area (Å²) in [5, 5.41) is 11.8. The number of nitrogens with two attached hydrogens (primary N) is 1. The summed E-state index contributed by atoms with van der Waals surface area (Å²) < 4.78 is 0.795. The van der Waals surface area contributed by atoms with Crippen molar-refractivity contribution in [3.63, 3.8) is 0 Å². The fraction of sp³-hybridized carbons (Fsp3) is 0.125. The quantitative estimate of drug-likeness (QED) is 0.728. The Morgan fingerprint density at radius 3 is 2.59 bits per heavy atom. The van der Waals surface area contributed by atoms with Gasteiger partial charge in [-0.25, -0.2) is 4.79 Å². The molecule has 1 unspecified atom stereocenters. The van der Waals surface area contributed by atoms with E-state index in [0.29, 0.717) is 16.8 Å². The minimum atomic E-state index is -1.00. The molecule has 114 valence electrons. The van der Waals surface area contributed by atoms with Gasteiger partial charge in [-0.1, -0.05) is 28.1 Å². The first-order valence-electron chi connectivity index (χ1n) is 6.57. The maximum Gasteiger partial charge on any atom is 0.335 e. The van der Waals surface area contributed by atoms with E-state index >= 15 is 0 Å². The third-order valence-electron chi connectivity index (χ3n) is 3.24. The molecule has 4 N–H and O–H groups in total. The van der Waals surface area contributed by atoms with Crippen LogP contribution in [0.25, 0.3) is 0 Å². The van der Waals surface area contributed by atoms with Gasteiger partial charge in [-0.15, -0.1) is 0 Å². The Bertz CT molecular complexity index is 731. The van der Waals surface area contributed by atoms with Crippen molar-refractivity contribution in [1.82, 2.24) is 5.32 Å². The van der Waals surface area contributed by atoms with E-state index in [9.17, 15) is 9.59 Å². The SMILES string of the molecule is CC(NC(=O)c1ccc(Br)cc1N)c1cccc(C(=O)O)c1. The first-order chi connectivity index (χ1) is 10.4.